The van der Waals surface area contributed by atoms with Crippen LogP contribution in [0.1, 0.15) is 76.6 Å². The molecular formula is C32H46O8. The molecule has 0 spiro atoms. The van der Waals surface area contributed by atoms with E-state index < -0.39 is 0 Å². The molecule has 0 fully saturated rings. The van der Waals surface area contributed by atoms with E-state index in [0.717, 1.165) is 22.3 Å². The maximum absolute atomic E-state index is 12.0. The molecule has 0 atom stereocenters. The van der Waals surface area contributed by atoms with Gasteiger partial charge in [-0.15, -0.1) is 0 Å². The average molecular weight is 559 g/mol. The van der Waals surface area contributed by atoms with Gasteiger partial charge in [-0.3, -0.25) is 9.59 Å². The second-order valence-electron chi connectivity index (χ2n) is 11.9. The Morgan fingerprint density at radius 3 is 1.27 bits per heavy atom. The van der Waals surface area contributed by atoms with Crippen molar-refractivity contribution >= 4 is 11.9 Å². The largest absolute Gasteiger partial charge is 0.508 e. The first-order valence-corrected chi connectivity index (χ1v) is 13.9. The zero-order valence-corrected chi connectivity index (χ0v) is 24.9. The van der Waals surface area contributed by atoms with Crippen molar-refractivity contribution in [2.75, 3.05) is 39.6 Å². The summed E-state index contributed by atoms with van der Waals surface area (Å²) in [4.78, 5) is 24.0. The molecule has 0 unspecified atom stereocenters. The molecule has 2 N–H and O–H groups in total. The van der Waals surface area contributed by atoms with Crippen molar-refractivity contribution < 1.29 is 38.7 Å². The quantitative estimate of drug-likeness (QED) is 0.221. The van der Waals surface area contributed by atoms with E-state index in [1.807, 2.05) is 12.1 Å². The van der Waals surface area contributed by atoms with Crippen LogP contribution >= 0.6 is 0 Å². The lowest BCUT2D eigenvalue weighted by molar-refractivity contribution is -0.146. The number of aromatic hydroxyl groups is 2. The van der Waals surface area contributed by atoms with Gasteiger partial charge in [0.1, 0.15) is 24.7 Å². The van der Waals surface area contributed by atoms with Crippen molar-refractivity contribution in [1.82, 2.24) is 0 Å². The zero-order chi connectivity index (χ0) is 29.8. The monoisotopic (exact) mass is 558 g/mol. The number of phenolic OH excluding ortho intramolecular Hbond substituents is 2. The van der Waals surface area contributed by atoms with E-state index in [1.165, 1.54) is 0 Å². The topological polar surface area (TPSA) is 112 Å². The number of hydrogen-bond acceptors (Lipinski definition) is 8. The molecule has 2 aromatic carbocycles. The summed E-state index contributed by atoms with van der Waals surface area (Å²) in [6.07, 6.45) is 1.43. The molecule has 2 aromatic rings. The van der Waals surface area contributed by atoms with Crippen molar-refractivity contribution in [2.45, 2.75) is 78.1 Å². The predicted octanol–water partition coefficient (Wildman–Crippen LogP) is 5.38. The van der Waals surface area contributed by atoms with Crippen LogP contribution in [0.5, 0.6) is 11.5 Å². The van der Waals surface area contributed by atoms with Gasteiger partial charge in [-0.1, -0.05) is 53.7 Å². The van der Waals surface area contributed by atoms with E-state index in [-0.39, 0.29) is 73.5 Å². The van der Waals surface area contributed by atoms with Crippen LogP contribution in [-0.4, -0.2) is 61.8 Å². The third-order valence-corrected chi connectivity index (χ3v) is 6.28. The van der Waals surface area contributed by atoms with E-state index >= 15 is 0 Å². The normalized spacial score (nSPS) is 11.8. The highest BCUT2D eigenvalue weighted by atomic mass is 16.6. The van der Waals surface area contributed by atoms with Crippen LogP contribution in [0.3, 0.4) is 0 Å². The SMILES string of the molecule is CC(C)(C)c1cc(O)cc(CCC(=O)OCCOCCOCCOC(=O)CCc2cc(O)cc(C(C)(C)C)c2)c1. The first-order valence-electron chi connectivity index (χ1n) is 13.9. The minimum atomic E-state index is -0.318. The highest BCUT2D eigenvalue weighted by Crippen LogP contribution is 2.28. The maximum Gasteiger partial charge on any atom is 0.306 e. The fourth-order valence-corrected chi connectivity index (χ4v) is 3.89. The number of hydrogen-bond donors (Lipinski definition) is 2. The molecule has 0 aliphatic rings. The van der Waals surface area contributed by atoms with Crippen molar-refractivity contribution in [2.24, 2.45) is 0 Å². The molecule has 40 heavy (non-hydrogen) atoms. The van der Waals surface area contributed by atoms with Gasteiger partial charge in [0.2, 0.25) is 0 Å². The van der Waals surface area contributed by atoms with Crippen LogP contribution in [0.15, 0.2) is 36.4 Å². The zero-order valence-electron chi connectivity index (χ0n) is 24.9. The number of phenols is 2. The Labute approximate surface area is 238 Å². The van der Waals surface area contributed by atoms with Gasteiger partial charge < -0.3 is 29.2 Å². The standard InChI is InChI=1S/C32H46O8/c1-31(2,3)25-17-23(19-27(33)21-25)7-9-29(35)39-15-13-37-11-12-38-14-16-40-30(36)10-8-24-18-26(32(4,5)6)22-28(34)20-24/h17-22,33-34H,7-16H2,1-6H3. The molecule has 0 saturated heterocycles. The number of ether oxygens (including phenoxy) is 4. The number of aryl methyl sites for hydroxylation is 2. The molecule has 0 heterocycles. The van der Waals surface area contributed by atoms with Gasteiger partial charge in [0.25, 0.3) is 0 Å². The molecule has 8 nitrogen and oxygen atoms in total. The molecule has 0 amide bonds. The third kappa shape index (κ3) is 12.8. The summed E-state index contributed by atoms with van der Waals surface area (Å²) in [5, 5.41) is 19.9. The molecule has 2 rings (SSSR count). The molecule has 0 bridgehead atoms. The molecule has 0 aliphatic heterocycles. The van der Waals surface area contributed by atoms with Crippen molar-refractivity contribution in [3.05, 3.63) is 58.7 Å². The highest BCUT2D eigenvalue weighted by molar-refractivity contribution is 5.70. The molecule has 8 heteroatoms. The molecule has 0 radical (unpaired) electrons. The number of carbonyl (C=O) groups is 2. The lowest BCUT2D eigenvalue weighted by Crippen LogP contribution is -2.15. The first-order chi connectivity index (χ1) is 18.7. The highest BCUT2D eigenvalue weighted by Gasteiger charge is 2.17. The Balaban J connectivity index is 1.49. The number of benzene rings is 2. The first kappa shape index (κ1) is 33.1. The Bertz CT molecular complexity index is 1010. The van der Waals surface area contributed by atoms with Crippen LogP contribution < -0.4 is 0 Å². The van der Waals surface area contributed by atoms with E-state index in [2.05, 4.69) is 41.5 Å². The second-order valence-corrected chi connectivity index (χ2v) is 11.9. The van der Waals surface area contributed by atoms with Gasteiger partial charge in [-0.25, -0.2) is 0 Å². The fourth-order valence-electron chi connectivity index (χ4n) is 3.89. The molecule has 0 saturated carbocycles. The van der Waals surface area contributed by atoms with Crippen LogP contribution in [0, 0.1) is 0 Å². The van der Waals surface area contributed by atoms with Crippen LogP contribution in [-0.2, 0) is 52.2 Å². The van der Waals surface area contributed by atoms with Gasteiger partial charge in [0.15, 0.2) is 0 Å². The Kier molecular flexibility index (Phi) is 12.9. The molecule has 0 aromatic heterocycles. The maximum atomic E-state index is 12.0. The summed E-state index contributed by atoms with van der Waals surface area (Å²) in [6, 6.07) is 10.9. The van der Waals surface area contributed by atoms with Crippen molar-refractivity contribution in [3.63, 3.8) is 0 Å². The summed E-state index contributed by atoms with van der Waals surface area (Å²) in [5.41, 5.74) is 3.64. The second kappa shape index (κ2) is 15.6. The van der Waals surface area contributed by atoms with E-state index in [0.29, 0.717) is 26.1 Å². The lowest BCUT2D eigenvalue weighted by atomic mass is 9.85. The smallest absolute Gasteiger partial charge is 0.306 e. The Morgan fingerprint density at radius 2 is 0.925 bits per heavy atom. The predicted molar refractivity (Wildman–Crippen MR) is 154 cm³/mol. The Hall–Kier alpha value is -3.10. The minimum absolute atomic E-state index is 0.0919. The summed E-state index contributed by atoms with van der Waals surface area (Å²) in [7, 11) is 0. The van der Waals surface area contributed by atoms with Crippen LogP contribution in [0.4, 0.5) is 0 Å². The van der Waals surface area contributed by atoms with E-state index in [1.54, 1.807) is 24.3 Å². The van der Waals surface area contributed by atoms with Gasteiger partial charge in [0.05, 0.1) is 26.4 Å². The minimum Gasteiger partial charge on any atom is -0.508 e. The fraction of sp³-hybridized carbons (Fsp3) is 0.562. The van der Waals surface area contributed by atoms with Crippen molar-refractivity contribution in [1.29, 1.82) is 0 Å². The number of esters is 2. The number of carbonyl (C=O) groups excluding carboxylic acids is 2. The summed E-state index contributed by atoms with van der Waals surface area (Å²) in [6.45, 7) is 13.9. The summed E-state index contributed by atoms with van der Waals surface area (Å²) < 4.78 is 21.2. The van der Waals surface area contributed by atoms with Gasteiger partial charge in [-0.2, -0.15) is 0 Å². The van der Waals surface area contributed by atoms with Crippen LogP contribution in [0.25, 0.3) is 0 Å². The molecule has 222 valence electrons. The third-order valence-electron chi connectivity index (χ3n) is 6.28. The Morgan fingerprint density at radius 1 is 0.575 bits per heavy atom. The molecular weight excluding hydrogens is 512 g/mol. The summed E-state index contributed by atoms with van der Waals surface area (Å²) >= 11 is 0. The van der Waals surface area contributed by atoms with Gasteiger partial charge >= 0.3 is 11.9 Å². The number of rotatable bonds is 15. The van der Waals surface area contributed by atoms with E-state index in [9.17, 15) is 19.8 Å². The lowest BCUT2D eigenvalue weighted by Gasteiger charge is -2.20. The average Bonchev–Trinajstić information content (AvgIpc) is 2.85. The van der Waals surface area contributed by atoms with Crippen LogP contribution in [0.2, 0.25) is 0 Å². The van der Waals surface area contributed by atoms with E-state index in [4.69, 9.17) is 18.9 Å². The van der Waals surface area contributed by atoms with Gasteiger partial charge in [0, 0.05) is 12.8 Å². The van der Waals surface area contributed by atoms with Crippen molar-refractivity contribution in [3.8, 4) is 11.5 Å². The van der Waals surface area contributed by atoms with Gasteiger partial charge in [-0.05, 0) is 70.2 Å². The summed E-state index contributed by atoms with van der Waals surface area (Å²) in [5.74, 6) is -0.240. The molecule has 0 aliphatic carbocycles.